The molecule has 0 saturated heterocycles. The van der Waals surface area contributed by atoms with Crippen LogP contribution in [-0.4, -0.2) is 29.0 Å². The second-order valence-electron chi connectivity index (χ2n) is 6.20. The van der Waals surface area contributed by atoms with Gasteiger partial charge in [0.2, 0.25) is 0 Å². The fraction of sp³-hybridized carbons (Fsp3) is 0.786. The monoisotopic (exact) mass is 292 g/mol. The summed E-state index contributed by atoms with van der Waals surface area (Å²) < 4.78 is 43.9. The molecule has 3 nitrogen and oxygen atoms in total. The highest BCUT2D eigenvalue weighted by atomic mass is 19.4. The zero-order chi connectivity index (χ0) is 15.3. The van der Waals surface area contributed by atoms with Gasteiger partial charge in [0.25, 0.3) is 0 Å². The lowest BCUT2D eigenvalue weighted by atomic mass is 9.76. The SMILES string of the molecule is C=C(C)C(=O)OC1CC2CC1CC2C(C)(O)C(F)(F)F. The molecule has 2 aliphatic carbocycles. The fourth-order valence-corrected chi connectivity index (χ4v) is 3.50. The second-order valence-corrected chi connectivity index (χ2v) is 6.20. The van der Waals surface area contributed by atoms with Crippen molar-refractivity contribution in [2.45, 2.75) is 51.0 Å². The minimum atomic E-state index is -4.63. The van der Waals surface area contributed by atoms with E-state index >= 15 is 0 Å². The van der Waals surface area contributed by atoms with E-state index in [2.05, 4.69) is 6.58 Å². The van der Waals surface area contributed by atoms with Crippen molar-refractivity contribution in [1.29, 1.82) is 0 Å². The van der Waals surface area contributed by atoms with Gasteiger partial charge in [0.15, 0.2) is 5.60 Å². The molecule has 2 bridgehead atoms. The fourth-order valence-electron chi connectivity index (χ4n) is 3.50. The summed E-state index contributed by atoms with van der Waals surface area (Å²) in [6, 6.07) is 0. The zero-order valence-electron chi connectivity index (χ0n) is 11.5. The molecule has 2 rings (SSSR count). The minimum absolute atomic E-state index is 0.0953. The van der Waals surface area contributed by atoms with Crippen LogP contribution in [0, 0.1) is 17.8 Å². The molecular formula is C14H19F3O3. The number of carbonyl (C=O) groups is 1. The van der Waals surface area contributed by atoms with Crippen LogP contribution in [-0.2, 0) is 9.53 Å². The first-order valence-electron chi connectivity index (χ1n) is 6.69. The van der Waals surface area contributed by atoms with Crippen LogP contribution in [0.1, 0.15) is 33.1 Å². The molecular weight excluding hydrogens is 273 g/mol. The molecule has 114 valence electrons. The van der Waals surface area contributed by atoms with E-state index < -0.39 is 23.7 Å². The van der Waals surface area contributed by atoms with Gasteiger partial charge in [0.05, 0.1) is 0 Å². The van der Waals surface area contributed by atoms with E-state index in [9.17, 15) is 23.1 Å². The van der Waals surface area contributed by atoms with E-state index in [1.54, 1.807) is 0 Å². The van der Waals surface area contributed by atoms with Gasteiger partial charge in [0, 0.05) is 5.57 Å². The number of rotatable bonds is 3. The standard InChI is InChI=1S/C14H19F3O3/c1-7(2)12(18)20-11-6-8-4-9(11)5-10(8)13(3,19)14(15,16)17/h8-11,19H,1,4-6H2,2-3H3. The van der Waals surface area contributed by atoms with Gasteiger partial charge in [-0.05, 0) is 50.9 Å². The maximum absolute atomic E-state index is 12.9. The number of halogens is 3. The molecule has 1 N–H and O–H groups in total. The zero-order valence-corrected chi connectivity index (χ0v) is 11.5. The molecule has 2 aliphatic rings. The average molecular weight is 292 g/mol. The van der Waals surface area contributed by atoms with Crippen LogP contribution in [0.2, 0.25) is 0 Å². The van der Waals surface area contributed by atoms with Crippen LogP contribution in [0.4, 0.5) is 13.2 Å². The summed E-state index contributed by atoms with van der Waals surface area (Å²) in [4.78, 5) is 11.5. The summed E-state index contributed by atoms with van der Waals surface area (Å²) in [6.07, 6.45) is -3.77. The van der Waals surface area contributed by atoms with Crippen LogP contribution >= 0.6 is 0 Å². The van der Waals surface area contributed by atoms with E-state index in [1.165, 1.54) is 6.92 Å². The largest absolute Gasteiger partial charge is 0.459 e. The van der Waals surface area contributed by atoms with Crippen molar-refractivity contribution < 1.29 is 27.8 Å². The van der Waals surface area contributed by atoms with Gasteiger partial charge in [-0.1, -0.05) is 6.58 Å². The van der Waals surface area contributed by atoms with Crippen LogP contribution in [0.25, 0.3) is 0 Å². The maximum Gasteiger partial charge on any atom is 0.417 e. The molecule has 0 spiro atoms. The third-order valence-corrected chi connectivity index (χ3v) is 4.69. The Kier molecular flexibility index (Phi) is 3.65. The first kappa shape index (κ1) is 15.4. The molecule has 2 saturated carbocycles. The number of ether oxygens (including phenoxy) is 1. The summed E-state index contributed by atoms with van der Waals surface area (Å²) in [5.41, 5.74) is -2.39. The number of carbonyl (C=O) groups excluding carboxylic acids is 1. The van der Waals surface area contributed by atoms with E-state index in [4.69, 9.17) is 4.74 Å². The van der Waals surface area contributed by atoms with E-state index in [1.807, 2.05) is 0 Å². The van der Waals surface area contributed by atoms with Gasteiger partial charge >= 0.3 is 12.1 Å². The van der Waals surface area contributed by atoms with Crippen LogP contribution in [0.5, 0.6) is 0 Å². The highest BCUT2D eigenvalue weighted by Crippen LogP contribution is 2.56. The Morgan fingerprint density at radius 3 is 2.25 bits per heavy atom. The maximum atomic E-state index is 12.9. The Hall–Kier alpha value is -1.04. The van der Waals surface area contributed by atoms with Crippen molar-refractivity contribution in [3.8, 4) is 0 Å². The number of fused-ring (bicyclic) bond motifs is 2. The van der Waals surface area contributed by atoms with Crippen LogP contribution < -0.4 is 0 Å². The molecule has 20 heavy (non-hydrogen) atoms. The average Bonchev–Trinajstić information content (AvgIpc) is 2.86. The number of hydrogen-bond acceptors (Lipinski definition) is 3. The van der Waals surface area contributed by atoms with Crippen molar-refractivity contribution in [2.75, 3.05) is 0 Å². The molecule has 5 unspecified atom stereocenters. The summed E-state index contributed by atoms with van der Waals surface area (Å²) in [6.45, 7) is 5.86. The van der Waals surface area contributed by atoms with Crippen molar-refractivity contribution in [1.82, 2.24) is 0 Å². The Morgan fingerprint density at radius 2 is 1.85 bits per heavy atom. The summed E-state index contributed by atoms with van der Waals surface area (Å²) >= 11 is 0. The minimum Gasteiger partial charge on any atom is -0.459 e. The topological polar surface area (TPSA) is 46.5 Å². The lowest BCUT2D eigenvalue weighted by Crippen LogP contribution is -2.51. The first-order chi connectivity index (χ1) is 9.04. The van der Waals surface area contributed by atoms with Gasteiger partial charge in [-0.15, -0.1) is 0 Å². The molecule has 6 heteroatoms. The summed E-state index contributed by atoms with van der Waals surface area (Å²) in [5.74, 6) is -1.66. The summed E-state index contributed by atoms with van der Waals surface area (Å²) in [5, 5.41) is 9.78. The van der Waals surface area contributed by atoms with Gasteiger partial charge < -0.3 is 9.84 Å². The molecule has 0 aromatic heterocycles. The Morgan fingerprint density at radius 1 is 1.25 bits per heavy atom. The molecule has 5 atom stereocenters. The Balaban J connectivity index is 2.02. The normalized spacial score (nSPS) is 35.7. The van der Waals surface area contributed by atoms with E-state index in [-0.39, 0.29) is 29.9 Å². The predicted molar refractivity (Wildman–Crippen MR) is 65.7 cm³/mol. The number of esters is 1. The smallest absolute Gasteiger partial charge is 0.417 e. The number of hydrogen-bond donors (Lipinski definition) is 1. The third kappa shape index (κ3) is 2.45. The predicted octanol–water partition coefficient (Wildman–Crippen LogP) is 2.83. The molecule has 0 amide bonds. The quantitative estimate of drug-likeness (QED) is 0.642. The first-order valence-corrected chi connectivity index (χ1v) is 6.69. The lowest BCUT2D eigenvalue weighted by molar-refractivity contribution is -0.278. The van der Waals surface area contributed by atoms with E-state index in [0.29, 0.717) is 12.8 Å². The van der Waals surface area contributed by atoms with Crippen molar-refractivity contribution >= 4 is 5.97 Å². The Labute approximate surface area is 115 Å². The van der Waals surface area contributed by atoms with Gasteiger partial charge in [-0.2, -0.15) is 13.2 Å². The van der Waals surface area contributed by atoms with Gasteiger partial charge in [0.1, 0.15) is 6.10 Å². The summed E-state index contributed by atoms with van der Waals surface area (Å²) in [7, 11) is 0. The lowest BCUT2D eigenvalue weighted by Gasteiger charge is -2.38. The van der Waals surface area contributed by atoms with Crippen molar-refractivity contribution in [3.05, 3.63) is 12.2 Å². The molecule has 0 aromatic rings. The molecule has 0 aliphatic heterocycles. The van der Waals surface area contributed by atoms with Crippen molar-refractivity contribution in [2.24, 2.45) is 17.8 Å². The van der Waals surface area contributed by atoms with Crippen molar-refractivity contribution in [3.63, 3.8) is 0 Å². The highest BCUT2D eigenvalue weighted by Gasteiger charge is 2.62. The third-order valence-electron chi connectivity index (χ3n) is 4.69. The number of alkyl halides is 3. The van der Waals surface area contributed by atoms with Crippen LogP contribution in [0.15, 0.2) is 12.2 Å². The molecule has 0 aromatic carbocycles. The molecule has 0 heterocycles. The van der Waals surface area contributed by atoms with E-state index in [0.717, 1.165) is 6.92 Å². The van der Waals surface area contributed by atoms with Crippen LogP contribution in [0.3, 0.4) is 0 Å². The highest BCUT2D eigenvalue weighted by molar-refractivity contribution is 5.87. The number of aliphatic hydroxyl groups is 1. The second kappa shape index (κ2) is 4.76. The van der Waals surface area contributed by atoms with Gasteiger partial charge in [-0.25, -0.2) is 4.79 Å². The Bertz CT molecular complexity index is 428. The van der Waals surface area contributed by atoms with Gasteiger partial charge in [-0.3, -0.25) is 0 Å². The molecule has 2 fully saturated rings. The molecule has 0 radical (unpaired) electrons.